The van der Waals surface area contributed by atoms with Gasteiger partial charge in [0.25, 0.3) is 0 Å². The topological polar surface area (TPSA) is 79.6 Å². The average Bonchev–Trinajstić information content (AvgIpc) is 3.06. The molecule has 29 heavy (non-hydrogen) atoms. The van der Waals surface area contributed by atoms with Crippen molar-refractivity contribution in [2.75, 3.05) is 39.4 Å². The van der Waals surface area contributed by atoms with Gasteiger partial charge in [-0.05, 0) is 19.8 Å². The first kappa shape index (κ1) is 24.1. The first-order chi connectivity index (χ1) is 13.6. The maximum Gasteiger partial charge on any atom is 0.192 e. The molecule has 2 heterocycles. The Kier molecular flexibility index (Phi) is 9.84. The van der Waals surface area contributed by atoms with Crippen LogP contribution >= 0.6 is 24.0 Å². The zero-order chi connectivity index (χ0) is 19.8. The fraction of sp³-hybridized carbons (Fsp3) is 0.750. The molecule has 3 rings (SSSR count). The van der Waals surface area contributed by atoms with Gasteiger partial charge in [-0.15, -0.1) is 40.8 Å². The van der Waals surface area contributed by atoms with E-state index in [1.54, 1.807) is 0 Å². The molecule has 8 nitrogen and oxygen atoms in total. The number of ether oxygens (including phenoxy) is 1. The van der Waals surface area contributed by atoms with Crippen LogP contribution < -0.4 is 10.6 Å². The van der Waals surface area contributed by atoms with E-state index in [0.717, 1.165) is 50.5 Å². The van der Waals surface area contributed by atoms with E-state index in [4.69, 9.17) is 9.73 Å². The molecule has 0 bridgehead atoms. The summed E-state index contributed by atoms with van der Waals surface area (Å²) >= 11 is 0. The summed E-state index contributed by atoms with van der Waals surface area (Å²) in [7, 11) is 1.97. The fourth-order valence-corrected chi connectivity index (χ4v) is 4.18. The lowest BCUT2D eigenvalue weighted by atomic mass is 9.80. The van der Waals surface area contributed by atoms with Gasteiger partial charge in [0.15, 0.2) is 11.8 Å². The van der Waals surface area contributed by atoms with Crippen LogP contribution in [0.25, 0.3) is 0 Å². The summed E-state index contributed by atoms with van der Waals surface area (Å²) in [6.45, 7) is 11.5. The Bertz CT molecular complexity index is 664. The number of guanidine groups is 1. The number of morpholine rings is 1. The van der Waals surface area contributed by atoms with Crippen LogP contribution in [0.15, 0.2) is 17.6 Å². The Morgan fingerprint density at radius 3 is 2.55 bits per heavy atom. The van der Waals surface area contributed by atoms with Gasteiger partial charge < -0.3 is 19.9 Å². The van der Waals surface area contributed by atoms with Gasteiger partial charge in [-0.3, -0.25) is 4.90 Å². The van der Waals surface area contributed by atoms with Gasteiger partial charge in [-0.2, -0.15) is 0 Å². The van der Waals surface area contributed by atoms with E-state index in [1.165, 1.54) is 32.1 Å². The van der Waals surface area contributed by atoms with Crippen LogP contribution in [0.3, 0.4) is 0 Å². The zero-order valence-electron chi connectivity index (χ0n) is 17.8. The lowest BCUT2D eigenvalue weighted by molar-refractivity contribution is -0.0352. The molecule has 0 unspecified atom stereocenters. The molecule has 1 saturated carbocycles. The summed E-state index contributed by atoms with van der Waals surface area (Å²) in [6, 6.07) is 0. The Morgan fingerprint density at radius 1 is 1.21 bits per heavy atom. The summed E-state index contributed by atoms with van der Waals surface area (Å²) in [5.74, 6) is 2.56. The van der Waals surface area contributed by atoms with Crippen molar-refractivity contribution < 1.29 is 4.74 Å². The van der Waals surface area contributed by atoms with Gasteiger partial charge in [0, 0.05) is 38.8 Å². The molecule has 1 saturated heterocycles. The second-order valence-electron chi connectivity index (χ2n) is 7.79. The molecular formula is C20H36IN7O. The molecule has 1 aromatic rings. The number of halogens is 1. The Balaban J connectivity index is 0.00000300. The van der Waals surface area contributed by atoms with Crippen molar-refractivity contribution in [2.24, 2.45) is 12.0 Å². The molecule has 0 atom stereocenters. The SMILES string of the molecule is C=CCNC(=NCc1nnc(C)n1C)NCC1(N2CCOCC2)CCCCC1.I. The van der Waals surface area contributed by atoms with E-state index in [1.807, 2.05) is 24.6 Å². The molecule has 2 aliphatic rings. The van der Waals surface area contributed by atoms with Gasteiger partial charge in [0.05, 0.1) is 13.2 Å². The highest BCUT2D eigenvalue weighted by Gasteiger charge is 2.38. The third-order valence-corrected chi connectivity index (χ3v) is 6.03. The van der Waals surface area contributed by atoms with Gasteiger partial charge in [-0.1, -0.05) is 25.3 Å². The summed E-state index contributed by atoms with van der Waals surface area (Å²) < 4.78 is 7.57. The van der Waals surface area contributed by atoms with Crippen LogP contribution in [0, 0.1) is 6.92 Å². The smallest absolute Gasteiger partial charge is 0.192 e. The Labute approximate surface area is 191 Å². The number of nitrogens with zero attached hydrogens (tertiary/aromatic N) is 5. The van der Waals surface area contributed by atoms with Crippen molar-refractivity contribution in [1.29, 1.82) is 0 Å². The highest BCUT2D eigenvalue weighted by atomic mass is 127. The van der Waals surface area contributed by atoms with E-state index in [2.05, 4.69) is 32.3 Å². The van der Waals surface area contributed by atoms with Crippen LogP contribution in [0.2, 0.25) is 0 Å². The number of aryl methyl sites for hydroxylation is 1. The minimum Gasteiger partial charge on any atom is -0.379 e. The number of aromatic nitrogens is 3. The molecule has 2 N–H and O–H groups in total. The summed E-state index contributed by atoms with van der Waals surface area (Å²) in [4.78, 5) is 7.39. The van der Waals surface area contributed by atoms with E-state index < -0.39 is 0 Å². The van der Waals surface area contributed by atoms with Crippen molar-refractivity contribution in [2.45, 2.75) is 51.1 Å². The van der Waals surface area contributed by atoms with E-state index in [9.17, 15) is 0 Å². The van der Waals surface area contributed by atoms with Gasteiger partial charge in [0.1, 0.15) is 12.4 Å². The van der Waals surface area contributed by atoms with E-state index in [0.29, 0.717) is 13.1 Å². The van der Waals surface area contributed by atoms with Crippen LogP contribution in [0.4, 0.5) is 0 Å². The van der Waals surface area contributed by atoms with E-state index >= 15 is 0 Å². The van der Waals surface area contributed by atoms with Crippen molar-refractivity contribution in [3.05, 3.63) is 24.3 Å². The Morgan fingerprint density at radius 2 is 1.93 bits per heavy atom. The number of aliphatic imine (C=N–C) groups is 1. The molecule has 1 aliphatic carbocycles. The summed E-state index contributed by atoms with van der Waals surface area (Å²) in [5, 5.41) is 15.3. The molecule has 2 fully saturated rings. The predicted molar refractivity (Wildman–Crippen MR) is 127 cm³/mol. The lowest BCUT2D eigenvalue weighted by Crippen LogP contribution is -2.60. The number of hydrogen-bond donors (Lipinski definition) is 2. The normalized spacial score (nSPS) is 20.0. The molecule has 1 aromatic heterocycles. The third kappa shape index (κ3) is 6.39. The summed E-state index contributed by atoms with van der Waals surface area (Å²) in [6.07, 6.45) is 8.25. The minimum atomic E-state index is 0. The molecular weight excluding hydrogens is 481 g/mol. The maximum absolute atomic E-state index is 5.59. The number of rotatable bonds is 7. The van der Waals surface area contributed by atoms with Gasteiger partial charge in [-0.25, -0.2) is 4.99 Å². The van der Waals surface area contributed by atoms with Crippen LogP contribution in [-0.4, -0.2) is 70.6 Å². The van der Waals surface area contributed by atoms with Crippen LogP contribution in [0.5, 0.6) is 0 Å². The second kappa shape index (κ2) is 11.8. The molecule has 9 heteroatoms. The van der Waals surface area contributed by atoms with Gasteiger partial charge >= 0.3 is 0 Å². The molecule has 1 aliphatic heterocycles. The second-order valence-corrected chi connectivity index (χ2v) is 7.79. The standard InChI is InChI=1S/C20H35N7O.HI/c1-4-10-21-19(22-15-18-25-24-17(2)26(18)3)23-16-20(8-6-5-7-9-20)27-11-13-28-14-12-27;/h4H,1,5-16H2,2-3H3,(H2,21,22,23);1H. The first-order valence-corrected chi connectivity index (χ1v) is 10.5. The van der Waals surface area contributed by atoms with Crippen molar-refractivity contribution in [3.8, 4) is 0 Å². The molecule has 0 radical (unpaired) electrons. The summed E-state index contributed by atoms with van der Waals surface area (Å²) in [5.41, 5.74) is 0.194. The zero-order valence-corrected chi connectivity index (χ0v) is 20.2. The monoisotopic (exact) mass is 517 g/mol. The van der Waals surface area contributed by atoms with Crippen molar-refractivity contribution in [3.63, 3.8) is 0 Å². The number of nitrogens with one attached hydrogen (secondary N) is 2. The predicted octanol–water partition coefficient (Wildman–Crippen LogP) is 2.00. The number of hydrogen-bond acceptors (Lipinski definition) is 5. The maximum atomic E-state index is 5.59. The van der Waals surface area contributed by atoms with Crippen LogP contribution in [0.1, 0.15) is 43.8 Å². The largest absolute Gasteiger partial charge is 0.379 e. The molecule has 164 valence electrons. The minimum absolute atomic E-state index is 0. The van der Waals surface area contributed by atoms with Crippen molar-refractivity contribution in [1.82, 2.24) is 30.3 Å². The quantitative estimate of drug-likeness (QED) is 0.249. The third-order valence-electron chi connectivity index (χ3n) is 6.03. The average molecular weight is 517 g/mol. The first-order valence-electron chi connectivity index (χ1n) is 10.5. The molecule has 0 aromatic carbocycles. The fourth-order valence-electron chi connectivity index (χ4n) is 4.18. The highest BCUT2D eigenvalue weighted by Crippen LogP contribution is 2.33. The van der Waals surface area contributed by atoms with Gasteiger partial charge in [0.2, 0.25) is 0 Å². The lowest BCUT2D eigenvalue weighted by Gasteiger charge is -2.48. The van der Waals surface area contributed by atoms with Crippen molar-refractivity contribution >= 4 is 29.9 Å². The Hall–Kier alpha value is -1.20. The molecule has 0 spiro atoms. The van der Waals surface area contributed by atoms with Crippen LogP contribution in [-0.2, 0) is 18.3 Å². The highest BCUT2D eigenvalue weighted by molar-refractivity contribution is 14.0. The van der Waals surface area contributed by atoms with E-state index in [-0.39, 0.29) is 29.5 Å². The molecule has 0 amide bonds.